The van der Waals surface area contributed by atoms with E-state index in [4.69, 9.17) is 4.74 Å². The predicted octanol–water partition coefficient (Wildman–Crippen LogP) is 3.40. The van der Waals surface area contributed by atoms with Gasteiger partial charge in [0, 0.05) is 18.2 Å². The standard InChI is InChI=1S/C15H20N2O4/c1-11-3-2-4-13(9-11)16-15(18)21-10-12-5-7-14(8-6-12)17(19)20/h5-8,11,13H,2-4,9-10H2,1H3,(H,16,18)/t11-,13+/m1/s1. The maximum Gasteiger partial charge on any atom is 0.407 e. The summed E-state index contributed by atoms with van der Waals surface area (Å²) in [6.45, 7) is 2.31. The molecule has 6 nitrogen and oxygen atoms in total. The highest BCUT2D eigenvalue weighted by Crippen LogP contribution is 2.23. The van der Waals surface area contributed by atoms with Crippen molar-refractivity contribution < 1.29 is 14.5 Å². The van der Waals surface area contributed by atoms with Crippen molar-refractivity contribution in [3.05, 3.63) is 39.9 Å². The Morgan fingerprint density at radius 3 is 2.71 bits per heavy atom. The van der Waals surface area contributed by atoms with Gasteiger partial charge in [-0.2, -0.15) is 0 Å². The highest BCUT2D eigenvalue weighted by atomic mass is 16.6. The van der Waals surface area contributed by atoms with Crippen LogP contribution in [0.15, 0.2) is 24.3 Å². The van der Waals surface area contributed by atoms with Gasteiger partial charge < -0.3 is 10.1 Å². The monoisotopic (exact) mass is 292 g/mol. The molecule has 1 amide bonds. The van der Waals surface area contributed by atoms with Gasteiger partial charge in [0.1, 0.15) is 6.61 Å². The number of hydrogen-bond donors (Lipinski definition) is 1. The predicted molar refractivity (Wildman–Crippen MR) is 77.8 cm³/mol. The van der Waals surface area contributed by atoms with Gasteiger partial charge in [0.2, 0.25) is 0 Å². The van der Waals surface area contributed by atoms with Gasteiger partial charge in [-0.25, -0.2) is 4.79 Å². The molecule has 21 heavy (non-hydrogen) atoms. The zero-order valence-electron chi connectivity index (χ0n) is 12.1. The molecule has 1 N–H and O–H groups in total. The maximum absolute atomic E-state index is 11.7. The fourth-order valence-corrected chi connectivity index (χ4v) is 2.64. The number of alkyl carbamates (subject to hydrolysis) is 1. The van der Waals surface area contributed by atoms with E-state index in [2.05, 4.69) is 12.2 Å². The second-order valence-electron chi connectivity index (χ2n) is 5.61. The number of nitrogens with one attached hydrogen (secondary N) is 1. The van der Waals surface area contributed by atoms with E-state index in [-0.39, 0.29) is 18.3 Å². The Bertz CT molecular complexity index is 501. The summed E-state index contributed by atoms with van der Waals surface area (Å²) in [6.07, 6.45) is 3.92. The number of nitrogens with zero attached hydrogens (tertiary/aromatic N) is 1. The molecule has 0 aliphatic heterocycles. The molecule has 0 bridgehead atoms. The van der Waals surface area contributed by atoms with Crippen molar-refractivity contribution in [1.82, 2.24) is 5.32 Å². The van der Waals surface area contributed by atoms with Crippen molar-refractivity contribution in [2.45, 2.75) is 45.3 Å². The Morgan fingerprint density at radius 2 is 2.10 bits per heavy atom. The second kappa shape index (κ2) is 7.06. The average Bonchev–Trinajstić information content (AvgIpc) is 2.45. The first-order chi connectivity index (χ1) is 10.0. The number of carbonyl (C=O) groups is 1. The summed E-state index contributed by atoms with van der Waals surface area (Å²) in [5.74, 6) is 0.638. The molecular weight excluding hydrogens is 272 g/mol. The molecule has 1 aliphatic rings. The molecule has 2 atom stereocenters. The molecule has 2 rings (SSSR count). The van der Waals surface area contributed by atoms with Gasteiger partial charge >= 0.3 is 6.09 Å². The van der Waals surface area contributed by atoms with Crippen LogP contribution in [-0.4, -0.2) is 17.1 Å². The molecule has 1 fully saturated rings. The van der Waals surface area contributed by atoms with Gasteiger partial charge in [0.25, 0.3) is 5.69 Å². The summed E-state index contributed by atoms with van der Waals surface area (Å²) >= 11 is 0. The Hall–Kier alpha value is -2.11. The number of benzene rings is 1. The van der Waals surface area contributed by atoms with Crippen molar-refractivity contribution in [1.29, 1.82) is 0 Å². The second-order valence-corrected chi connectivity index (χ2v) is 5.61. The van der Waals surface area contributed by atoms with Crippen LogP contribution in [0.4, 0.5) is 10.5 Å². The van der Waals surface area contributed by atoms with Crippen LogP contribution in [0.1, 0.15) is 38.2 Å². The number of hydrogen-bond acceptors (Lipinski definition) is 4. The maximum atomic E-state index is 11.7. The van der Waals surface area contributed by atoms with Gasteiger partial charge in [-0.15, -0.1) is 0 Å². The summed E-state index contributed by atoms with van der Waals surface area (Å²) < 4.78 is 5.15. The van der Waals surface area contributed by atoms with E-state index < -0.39 is 11.0 Å². The Morgan fingerprint density at radius 1 is 1.38 bits per heavy atom. The van der Waals surface area contributed by atoms with E-state index in [1.165, 1.54) is 18.6 Å². The van der Waals surface area contributed by atoms with Crippen LogP contribution in [0.25, 0.3) is 0 Å². The first-order valence-electron chi connectivity index (χ1n) is 7.21. The molecule has 1 aromatic rings. The lowest BCUT2D eigenvalue weighted by Crippen LogP contribution is -2.38. The minimum absolute atomic E-state index is 0.0272. The fraction of sp³-hybridized carbons (Fsp3) is 0.533. The highest BCUT2D eigenvalue weighted by Gasteiger charge is 2.20. The zero-order chi connectivity index (χ0) is 15.2. The fourth-order valence-electron chi connectivity index (χ4n) is 2.64. The van der Waals surface area contributed by atoms with Gasteiger partial charge in [-0.3, -0.25) is 10.1 Å². The molecule has 6 heteroatoms. The van der Waals surface area contributed by atoms with Crippen LogP contribution in [0.2, 0.25) is 0 Å². The minimum Gasteiger partial charge on any atom is -0.445 e. The minimum atomic E-state index is -0.457. The normalized spacial score (nSPS) is 21.6. The summed E-state index contributed by atoms with van der Waals surface area (Å²) in [6, 6.07) is 6.18. The van der Waals surface area contributed by atoms with Crippen molar-refractivity contribution in [2.75, 3.05) is 0 Å². The molecule has 0 aromatic heterocycles. The Kier molecular flexibility index (Phi) is 5.14. The largest absolute Gasteiger partial charge is 0.445 e. The summed E-state index contributed by atoms with van der Waals surface area (Å²) in [5.41, 5.74) is 0.757. The smallest absolute Gasteiger partial charge is 0.407 e. The molecule has 1 saturated carbocycles. The molecule has 0 radical (unpaired) electrons. The quantitative estimate of drug-likeness (QED) is 0.681. The number of amides is 1. The van der Waals surface area contributed by atoms with Crippen LogP contribution in [0, 0.1) is 16.0 Å². The van der Waals surface area contributed by atoms with Crippen LogP contribution in [0.5, 0.6) is 0 Å². The zero-order valence-corrected chi connectivity index (χ0v) is 12.1. The number of non-ortho nitro benzene ring substituents is 1. The van der Waals surface area contributed by atoms with Crippen LogP contribution >= 0.6 is 0 Å². The van der Waals surface area contributed by atoms with Crippen LogP contribution in [-0.2, 0) is 11.3 Å². The molecule has 0 spiro atoms. The summed E-state index contributed by atoms with van der Waals surface area (Å²) in [7, 11) is 0. The van der Waals surface area contributed by atoms with E-state index in [0.29, 0.717) is 5.92 Å². The number of nitro groups is 1. The van der Waals surface area contributed by atoms with E-state index in [1.54, 1.807) is 12.1 Å². The average molecular weight is 292 g/mol. The first-order valence-corrected chi connectivity index (χ1v) is 7.21. The molecule has 0 heterocycles. The van der Waals surface area contributed by atoms with Crippen molar-refractivity contribution in [3.63, 3.8) is 0 Å². The van der Waals surface area contributed by atoms with Gasteiger partial charge in [0.15, 0.2) is 0 Å². The lowest BCUT2D eigenvalue weighted by Gasteiger charge is -2.27. The summed E-state index contributed by atoms with van der Waals surface area (Å²) in [5, 5.41) is 13.4. The molecule has 0 unspecified atom stereocenters. The van der Waals surface area contributed by atoms with E-state index in [0.717, 1.165) is 24.8 Å². The number of carbonyl (C=O) groups excluding carboxylic acids is 1. The third kappa shape index (κ3) is 4.73. The molecule has 1 aliphatic carbocycles. The third-order valence-electron chi connectivity index (χ3n) is 3.78. The van der Waals surface area contributed by atoms with Crippen molar-refractivity contribution in [2.24, 2.45) is 5.92 Å². The van der Waals surface area contributed by atoms with Gasteiger partial charge in [0.05, 0.1) is 4.92 Å². The lowest BCUT2D eigenvalue weighted by molar-refractivity contribution is -0.384. The number of rotatable bonds is 4. The van der Waals surface area contributed by atoms with Crippen LogP contribution < -0.4 is 5.32 Å². The van der Waals surface area contributed by atoms with Crippen LogP contribution in [0.3, 0.4) is 0 Å². The molecule has 1 aromatic carbocycles. The lowest BCUT2D eigenvalue weighted by atomic mass is 9.87. The molecule has 114 valence electrons. The SMILES string of the molecule is C[C@@H]1CCC[C@H](NC(=O)OCc2ccc([N+](=O)[O-])cc2)C1. The van der Waals surface area contributed by atoms with Crippen molar-refractivity contribution in [3.8, 4) is 0 Å². The Labute approximate surface area is 123 Å². The van der Waals surface area contributed by atoms with Gasteiger partial charge in [-0.05, 0) is 36.5 Å². The van der Waals surface area contributed by atoms with Crippen molar-refractivity contribution >= 4 is 11.8 Å². The molecule has 0 saturated heterocycles. The van der Waals surface area contributed by atoms with Gasteiger partial charge in [-0.1, -0.05) is 19.8 Å². The highest BCUT2D eigenvalue weighted by molar-refractivity contribution is 5.67. The third-order valence-corrected chi connectivity index (χ3v) is 3.78. The molecular formula is C15H20N2O4. The first kappa shape index (κ1) is 15.3. The number of ether oxygens (including phenoxy) is 1. The number of nitro benzene ring substituents is 1. The topological polar surface area (TPSA) is 81.5 Å². The van der Waals surface area contributed by atoms with E-state index in [9.17, 15) is 14.9 Å². The van der Waals surface area contributed by atoms with E-state index >= 15 is 0 Å². The van der Waals surface area contributed by atoms with E-state index in [1.807, 2.05) is 0 Å². The Balaban J connectivity index is 1.76. The summed E-state index contributed by atoms with van der Waals surface area (Å²) in [4.78, 5) is 21.8.